The zero-order chi connectivity index (χ0) is 34.4. The first-order valence-electron chi connectivity index (χ1n) is 17.4. The second-order valence-corrected chi connectivity index (χ2v) is 16.9. The number of aliphatic hydroxyl groups is 1. The van der Waals surface area contributed by atoms with Gasteiger partial charge in [-0.3, -0.25) is 0 Å². The van der Waals surface area contributed by atoms with Crippen molar-refractivity contribution in [1.29, 1.82) is 0 Å². The van der Waals surface area contributed by atoms with Crippen LogP contribution in [0.1, 0.15) is 92.2 Å². The van der Waals surface area contributed by atoms with Gasteiger partial charge in [-0.15, -0.1) is 0 Å². The fourth-order valence-corrected chi connectivity index (χ4v) is 10.8. The van der Waals surface area contributed by atoms with Crippen molar-refractivity contribution in [2.45, 2.75) is 88.6 Å². The molecule has 4 bridgehead atoms. The number of methoxy groups -OCH3 is 2. The zero-order valence-electron chi connectivity index (χ0n) is 28.9. The Bertz CT molecular complexity index is 1790. The molecule has 3 aromatic rings. The number of aromatic hydroxyl groups is 2. The van der Waals surface area contributed by atoms with Gasteiger partial charge in [-0.2, -0.15) is 0 Å². The van der Waals surface area contributed by atoms with Gasteiger partial charge in [-0.25, -0.2) is 0 Å². The van der Waals surface area contributed by atoms with E-state index >= 15 is 0 Å². The monoisotopic (exact) mass is 702 g/mol. The maximum absolute atomic E-state index is 12.6. The van der Waals surface area contributed by atoms with Crippen LogP contribution in [0.3, 0.4) is 0 Å². The van der Waals surface area contributed by atoms with Crippen molar-refractivity contribution in [2.24, 2.45) is 11.8 Å². The minimum Gasteiger partial charge on any atom is -0.508 e. The number of hydrogen-bond acceptors (Lipinski definition) is 9. The van der Waals surface area contributed by atoms with Crippen LogP contribution in [0, 0.1) is 23.7 Å². The molecule has 3 aromatic carbocycles. The maximum Gasteiger partial charge on any atom is 0.201 e. The van der Waals surface area contributed by atoms with Crippen molar-refractivity contribution >= 4 is 21.6 Å². The van der Waals surface area contributed by atoms with E-state index in [1.807, 2.05) is 35.1 Å². The predicted octanol–water partition coefficient (Wildman–Crippen LogP) is 8.55. The number of ether oxygens (including phenoxy) is 4. The molecule has 0 radical (unpaired) electrons. The molecular formula is C40H46O7S2. The number of benzene rings is 3. The fourth-order valence-electron chi connectivity index (χ4n) is 7.97. The molecule has 0 saturated heterocycles. The first-order valence-corrected chi connectivity index (χ1v) is 19.8. The number of rotatable bonds is 6. The van der Waals surface area contributed by atoms with E-state index in [0.717, 1.165) is 65.7 Å². The Morgan fingerprint density at radius 2 is 1.84 bits per heavy atom. The Hall–Kier alpha value is -3.32. The van der Waals surface area contributed by atoms with Crippen LogP contribution >= 0.6 is 21.6 Å². The van der Waals surface area contributed by atoms with Crippen molar-refractivity contribution in [3.8, 4) is 57.5 Å². The summed E-state index contributed by atoms with van der Waals surface area (Å²) in [6.45, 7) is 7.03. The normalized spacial score (nSPS) is 25.4. The molecule has 0 fully saturated rings. The quantitative estimate of drug-likeness (QED) is 0.172. The average Bonchev–Trinajstić information content (AvgIpc) is 3.11. The van der Waals surface area contributed by atoms with Crippen LogP contribution < -0.4 is 18.9 Å². The van der Waals surface area contributed by atoms with Gasteiger partial charge in [-0.1, -0.05) is 66.7 Å². The fraction of sp³-hybridized carbons (Fsp3) is 0.500. The van der Waals surface area contributed by atoms with E-state index in [1.54, 1.807) is 24.0 Å². The second kappa shape index (κ2) is 14.1. The average molecular weight is 703 g/mol. The van der Waals surface area contributed by atoms with Crippen LogP contribution in [0.4, 0.5) is 0 Å². The number of phenolic OH excluding ortho intramolecular Hbond substituents is 2. The summed E-state index contributed by atoms with van der Waals surface area (Å²) in [5.74, 6) is 11.0. The predicted molar refractivity (Wildman–Crippen MR) is 197 cm³/mol. The van der Waals surface area contributed by atoms with Crippen LogP contribution in [0.5, 0.6) is 34.5 Å². The van der Waals surface area contributed by atoms with Crippen LogP contribution in [-0.2, 0) is 12.8 Å². The molecule has 2 aliphatic heterocycles. The van der Waals surface area contributed by atoms with Crippen LogP contribution in [0.25, 0.3) is 11.1 Å². The van der Waals surface area contributed by atoms with Crippen molar-refractivity contribution in [2.75, 3.05) is 26.6 Å². The van der Waals surface area contributed by atoms with Crippen LogP contribution in [-0.4, -0.2) is 53.3 Å². The van der Waals surface area contributed by atoms with Gasteiger partial charge in [0.15, 0.2) is 17.6 Å². The summed E-state index contributed by atoms with van der Waals surface area (Å²) in [6, 6.07) is 9.46. The second-order valence-electron chi connectivity index (χ2n) is 14.2. The van der Waals surface area contributed by atoms with Gasteiger partial charge in [0.2, 0.25) is 5.75 Å². The molecule has 0 amide bonds. The summed E-state index contributed by atoms with van der Waals surface area (Å²) in [5, 5.41) is 34.3. The van der Waals surface area contributed by atoms with Gasteiger partial charge < -0.3 is 34.3 Å². The lowest BCUT2D eigenvalue weighted by Crippen LogP contribution is -2.40. The molecule has 7 rings (SSSR count). The standard InChI is InChI=1S/C40H46O7S2/c1-21(2)13-15-46-32-19-28-26(39(45-5)37(32)42)7-6-8-33-36-35-29-17-23(10-9-22(3)14-16-48-49-33)27-18-24(41)11-12-25(27)34(29)30(44-4)20-31(35)47-40(28)38(36)43/h11-12,18-23,33,36,38,40-43H,7,9-10,13-17H2,1-5H3/t22-,23+,33-,36-,38+,40-/m0/s1. The van der Waals surface area contributed by atoms with Crippen molar-refractivity contribution in [1.82, 2.24) is 0 Å². The van der Waals surface area contributed by atoms with Crippen molar-refractivity contribution in [3.63, 3.8) is 0 Å². The third-order valence-corrected chi connectivity index (χ3v) is 13.3. The van der Waals surface area contributed by atoms with Crippen LogP contribution in [0.2, 0.25) is 0 Å². The molecule has 3 N–H and O–H groups in total. The Balaban J connectivity index is 1.45. The minimum absolute atomic E-state index is 0.0650. The molecule has 7 nitrogen and oxygen atoms in total. The van der Waals surface area contributed by atoms with E-state index in [0.29, 0.717) is 59.0 Å². The molecule has 6 atom stereocenters. The summed E-state index contributed by atoms with van der Waals surface area (Å²) in [6.07, 6.45) is 3.36. The lowest BCUT2D eigenvalue weighted by molar-refractivity contribution is 0.000917. The summed E-state index contributed by atoms with van der Waals surface area (Å²) < 4.78 is 25.0. The summed E-state index contributed by atoms with van der Waals surface area (Å²) in [5.41, 5.74) is 6.71. The molecule has 9 heteroatoms. The smallest absolute Gasteiger partial charge is 0.201 e. The molecule has 0 unspecified atom stereocenters. The SMILES string of the molecule is COc1cc2c3c4c1-c1ccc(O)cc1[C@H](CC[C@H](C)CCSS[C@H]1C#CCc5c(cc(OCCC(C)C)c(O)c5OC)[C@H](O2)[C@H](O)[C@H]31)C4. The van der Waals surface area contributed by atoms with E-state index in [4.69, 9.17) is 18.9 Å². The molecule has 4 aliphatic rings. The van der Waals surface area contributed by atoms with Gasteiger partial charge in [0.25, 0.3) is 0 Å². The molecular weight excluding hydrogens is 657 g/mol. The molecule has 0 spiro atoms. The van der Waals surface area contributed by atoms with E-state index in [1.165, 1.54) is 7.11 Å². The molecule has 49 heavy (non-hydrogen) atoms. The van der Waals surface area contributed by atoms with Gasteiger partial charge in [0.05, 0.1) is 26.1 Å². The summed E-state index contributed by atoms with van der Waals surface area (Å²) in [4.78, 5) is 0. The molecule has 0 saturated carbocycles. The lowest BCUT2D eigenvalue weighted by atomic mass is 9.70. The zero-order valence-corrected chi connectivity index (χ0v) is 30.5. The number of hydrogen-bond donors (Lipinski definition) is 3. The van der Waals surface area contributed by atoms with Crippen LogP contribution in [0.15, 0.2) is 30.3 Å². The Morgan fingerprint density at radius 1 is 1.00 bits per heavy atom. The summed E-state index contributed by atoms with van der Waals surface area (Å²) >= 11 is 0. The third kappa shape index (κ3) is 6.30. The van der Waals surface area contributed by atoms with Gasteiger partial charge >= 0.3 is 0 Å². The van der Waals surface area contributed by atoms with E-state index in [2.05, 4.69) is 32.6 Å². The summed E-state index contributed by atoms with van der Waals surface area (Å²) in [7, 11) is 6.80. The van der Waals surface area contributed by atoms with E-state index < -0.39 is 12.2 Å². The highest BCUT2D eigenvalue weighted by Crippen LogP contribution is 2.58. The van der Waals surface area contributed by atoms with Gasteiger partial charge in [0.1, 0.15) is 23.4 Å². The highest BCUT2D eigenvalue weighted by Gasteiger charge is 2.47. The third-order valence-electron chi connectivity index (χ3n) is 10.6. The minimum atomic E-state index is -0.948. The van der Waals surface area contributed by atoms with E-state index in [9.17, 15) is 15.3 Å². The van der Waals surface area contributed by atoms with Gasteiger partial charge in [-0.05, 0) is 78.3 Å². The Labute approximate surface area is 297 Å². The highest BCUT2D eigenvalue weighted by molar-refractivity contribution is 8.77. The maximum atomic E-state index is 12.6. The van der Waals surface area contributed by atoms with Crippen molar-refractivity contribution < 1.29 is 34.3 Å². The first kappa shape index (κ1) is 34.1. The van der Waals surface area contributed by atoms with E-state index in [-0.39, 0.29) is 28.6 Å². The topological polar surface area (TPSA) is 97.6 Å². The largest absolute Gasteiger partial charge is 0.508 e. The Kier molecular flexibility index (Phi) is 9.84. The molecule has 2 aliphatic carbocycles. The molecule has 0 aromatic heterocycles. The molecule has 260 valence electrons. The highest BCUT2D eigenvalue weighted by atomic mass is 33.1. The van der Waals surface area contributed by atoms with Crippen molar-refractivity contribution in [3.05, 3.63) is 58.1 Å². The number of fused-ring (bicyclic) bond motifs is 7. The lowest BCUT2D eigenvalue weighted by Gasteiger charge is -2.42. The van der Waals surface area contributed by atoms with Gasteiger partial charge in [0, 0.05) is 46.4 Å². The number of phenols is 2. The Morgan fingerprint density at radius 3 is 2.61 bits per heavy atom. The number of aliphatic hydroxyl groups excluding tert-OH is 1. The first-order chi connectivity index (χ1) is 23.7. The molecule has 2 heterocycles.